The van der Waals surface area contributed by atoms with E-state index in [1.54, 1.807) is 24.3 Å². The molecule has 5 rings (SSSR count). The fourth-order valence-electron chi connectivity index (χ4n) is 6.22. The molecular weight excluding hydrogens is 540 g/mol. The van der Waals surface area contributed by atoms with Crippen LogP contribution < -0.4 is 23.7 Å². The van der Waals surface area contributed by atoms with Gasteiger partial charge in [-0.2, -0.15) is 0 Å². The van der Waals surface area contributed by atoms with Crippen LogP contribution in [-0.2, 0) is 9.47 Å². The summed E-state index contributed by atoms with van der Waals surface area (Å²) in [6.45, 7) is 0.503. The quantitative estimate of drug-likeness (QED) is 0.290. The highest BCUT2D eigenvalue weighted by atomic mass is 16.6. The molecule has 2 aromatic carbocycles. The molecule has 226 valence electrons. The second-order valence-corrected chi connectivity index (χ2v) is 10.7. The molecule has 2 aromatic rings. The molecule has 2 aliphatic heterocycles. The summed E-state index contributed by atoms with van der Waals surface area (Å²) in [6, 6.07) is 7.06. The number of hydrogen-bond donors (Lipinski definition) is 5. The molecule has 41 heavy (non-hydrogen) atoms. The van der Waals surface area contributed by atoms with E-state index >= 15 is 0 Å². The van der Waals surface area contributed by atoms with Gasteiger partial charge < -0.3 is 58.7 Å². The predicted molar refractivity (Wildman–Crippen MR) is 143 cm³/mol. The normalized spacial score (nSPS) is 32.8. The topological polar surface area (TPSA) is 166 Å². The summed E-state index contributed by atoms with van der Waals surface area (Å²) in [7, 11) is 5.92. The first-order valence-electron chi connectivity index (χ1n) is 13.5. The lowest BCUT2D eigenvalue weighted by molar-refractivity contribution is -0.157. The minimum Gasteiger partial charge on any atom is -0.502 e. The minimum absolute atomic E-state index is 0.00841. The number of aliphatic hydroxyl groups excluding tert-OH is 4. The molecule has 2 heterocycles. The lowest BCUT2D eigenvalue weighted by Gasteiger charge is -2.40. The number of aliphatic hydroxyl groups is 4. The number of ether oxygens (including phenoxy) is 7. The summed E-state index contributed by atoms with van der Waals surface area (Å²) in [5.41, 5.74) is 1.60. The second-order valence-electron chi connectivity index (χ2n) is 10.7. The molecule has 5 unspecified atom stereocenters. The van der Waals surface area contributed by atoms with Crippen LogP contribution in [0.2, 0.25) is 0 Å². The largest absolute Gasteiger partial charge is 0.502 e. The molecule has 12 heteroatoms. The van der Waals surface area contributed by atoms with Crippen LogP contribution in [0.1, 0.15) is 29.8 Å². The van der Waals surface area contributed by atoms with Crippen molar-refractivity contribution in [2.75, 3.05) is 48.3 Å². The molecule has 3 aliphatic rings. The number of fused-ring (bicyclic) bond motifs is 1. The van der Waals surface area contributed by atoms with E-state index in [9.17, 15) is 25.5 Å². The molecule has 2 saturated heterocycles. The highest BCUT2D eigenvalue weighted by Crippen LogP contribution is 2.53. The molecule has 5 N–H and O–H groups in total. The Morgan fingerprint density at radius 2 is 1.17 bits per heavy atom. The Labute approximate surface area is 237 Å². The number of methoxy groups -OCH3 is 4. The van der Waals surface area contributed by atoms with E-state index in [1.807, 2.05) is 0 Å². The van der Waals surface area contributed by atoms with Crippen LogP contribution in [0.5, 0.6) is 34.5 Å². The van der Waals surface area contributed by atoms with Crippen LogP contribution in [0.3, 0.4) is 0 Å². The minimum atomic E-state index is -1.48. The summed E-state index contributed by atoms with van der Waals surface area (Å²) in [6.07, 6.45) is -5.57. The fourth-order valence-corrected chi connectivity index (χ4v) is 6.22. The zero-order valence-electron chi connectivity index (χ0n) is 23.4. The third-order valence-corrected chi connectivity index (χ3v) is 8.51. The Morgan fingerprint density at radius 3 is 1.61 bits per heavy atom. The SMILES string of the molecule is COc1cc(C2OCC3C(c4cc(OC)c(OC5C[C@H](CO)[C@@H](O)[C@H](O)[C@H]5O)c(OC)c4)OCC23)cc(OC)c1O. The number of hydrogen-bond acceptors (Lipinski definition) is 12. The van der Waals surface area contributed by atoms with Gasteiger partial charge in [0.15, 0.2) is 23.0 Å². The summed E-state index contributed by atoms with van der Waals surface area (Å²) in [5, 5.41) is 51.0. The fraction of sp³-hybridized carbons (Fsp3) is 0.586. The van der Waals surface area contributed by atoms with E-state index < -0.39 is 30.3 Å². The number of phenols is 1. The maximum absolute atomic E-state index is 10.6. The molecule has 3 fully saturated rings. The van der Waals surface area contributed by atoms with Crippen molar-refractivity contribution >= 4 is 0 Å². The Morgan fingerprint density at radius 1 is 0.707 bits per heavy atom. The number of rotatable bonds is 9. The molecule has 9 atom stereocenters. The van der Waals surface area contributed by atoms with Gasteiger partial charge in [-0.25, -0.2) is 0 Å². The van der Waals surface area contributed by atoms with Crippen LogP contribution in [-0.4, -0.2) is 98.2 Å². The van der Waals surface area contributed by atoms with Crippen molar-refractivity contribution in [2.45, 2.75) is 43.0 Å². The number of benzene rings is 2. The van der Waals surface area contributed by atoms with Crippen LogP contribution in [0.4, 0.5) is 0 Å². The molecule has 0 radical (unpaired) electrons. The Balaban J connectivity index is 1.40. The van der Waals surface area contributed by atoms with Crippen molar-refractivity contribution in [3.05, 3.63) is 35.4 Å². The number of phenolic OH excluding ortho intramolecular Hbond substituents is 1. The van der Waals surface area contributed by atoms with Crippen molar-refractivity contribution in [1.29, 1.82) is 0 Å². The summed E-state index contributed by atoms with van der Waals surface area (Å²) >= 11 is 0. The zero-order chi connectivity index (χ0) is 29.4. The van der Waals surface area contributed by atoms with Crippen LogP contribution >= 0.6 is 0 Å². The van der Waals surface area contributed by atoms with E-state index in [1.165, 1.54) is 28.4 Å². The Hall–Kier alpha value is -3.00. The molecule has 12 nitrogen and oxygen atoms in total. The smallest absolute Gasteiger partial charge is 0.203 e. The highest BCUT2D eigenvalue weighted by molar-refractivity contribution is 5.55. The average Bonchev–Trinajstić information content (AvgIpc) is 3.60. The van der Waals surface area contributed by atoms with Crippen molar-refractivity contribution < 1.29 is 58.7 Å². The molecule has 0 amide bonds. The summed E-state index contributed by atoms with van der Waals surface area (Å²) in [5.74, 6) is 0.773. The third-order valence-electron chi connectivity index (χ3n) is 8.51. The van der Waals surface area contributed by atoms with E-state index in [4.69, 9.17) is 33.2 Å². The third kappa shape index (κ3) is 5.24. The van der Waals surface area contributed by atoms with Crippen molar-refractivity contribution in [3.63, 3.8) is 0 Å². The highest BCUT2D eigenvalue weighted by Gasteiger charge is 2.49. The van der Waals surface area contributed by atoms with Crippen molar-refractivity contribution in [1.82, 2.24) is 0 Å². The maximum atomic E-state index is 10.6. The zero-order valence-corrected chi connectivity index (χ0v) is 23.4. The van der Waals surface area contributed by atoms with Gasteiger partial charge in [-0.3, -0.25) is 0 Å². The van der Waals surface area contributed by atoms with Gasteiger partial charge in [-0.05, 0) is 41.8 Å². The van der Waals surface area contributed by atoms with Crippen LogP contribution in [0.25, 0.3) is 0 Å². The van der Waals surface area contributed by atoms with E-state index in [0.29, 0.717) is 36.2 Å². The van der Waals surface area contributed by atoms with Gasteiger partial charge in [0.25, 0.3) is 0 Å². The first-order valence-corrected chi connectivity index (χ1v) is 13.5. The lowest BCUT2D eigenvalue weighted by Crippen LogP contribution is -2.56. The van der Waals surface area contributed by atoms with E-state index in [-0.39, 0.29) is 48.6 Å². The van der Waals surface area contributed by atoms with E-state index in [2.05, 4.69) is 0 Å². The van der Waals surface area contributed by atoms with Gasteiger partial charge in [-0.15, -0.1) is 0 Å². The number of aromatic hydroxyl groups is 1. The van der Waals surface area contributed by atoms with Crippen LogP contribution in [0, 0.1) is 17.8 Å². The Bertz CT molecular complexity index is 1170. The van der Waals surface area contributed by atoms with Gasteiger partial charge in [0.05, 0.1) is 60.0 Å². The van der Waals surface area contributed by atoms with Gasteiger partial charge in [0.2, 0.25) is 11.5 Å². The van der Waals surface area contributed by atoms with E-state index in [0.717, 1.165) is 11.1 Å². The molecule has 0 bridgehead atoms. The average molecular weight is 579 g/mol. The van der Waals surface area contributed by atoms with Crippen LogP contribution in [0.15, 0.2) is 24.3 Å². The van der Waals surface area contributed by atoms with Crippen molar-refractivity contribution in [3.8, 4) is 34.5 Å². The Kier molecular flexibility index (Phi) is 8.69. The molecule has 1 aliphatic carbocycles. The molecule has 1 saturated carbocycles. The standard InChI is InChI=1S/C29H38O12/c1-35-18-5-13(6-19(36-2)24(18)32)27-16-11-40-28(17(16)12-39-27)14-7-21(37-3)29(22(8-14)38-4)41-20-9-15(10-30)23(31)26(34)25(20)33/h5-8,15-17,20,23,25-28,30-34H,9-12H2,1-4H3/t15-,16?,17?,20?,23-,25+,26+,27?,28?/m1/s1. The maximum Gasteiger partial charge on any atom is 0.203 e. The first-order chi connectivity index (χ1) is 19.8. The van der Waals surface area contributed by atoms with Gasteiger partial charge in [0, 0.05) is 24.4 Å². The monoisotopic (exact) mass is 578 g/mol. The second kappa shape index (κ2) is 12.1. The van der Waals surface area contributed by atoms with Gasteiger partial charge in [-0.1, -0.05) is 0 Å². The van der Waals surface area contributed by atoms with Gasteiger partial charge in [0.1, 0.15) is 18.3 Å². The molecule has 0 aromatic heterocycles. The molecular formula is C29H38O12. The molecule has 0 spiro atoms. The summed E-state index contributed by atoms with van der Waals surface area (Å²) < 4.78 is 40.6. The predicted octanol–water partition coefficient (Wildman–Crippen LogP) is 1.34. The van der Waals surface area contributed by atoms with Crippen molar-refractivity contribution in [2.24, 2.45) is 17.8 Å². The van der Waals surface area contributed by atoms with Gasteiger partial charge >= 0.3 is 0 Å². The lowest BCUT2D eigenvalue weighted by atomic mass is 9.81. The first kappa shape index (κ1) is 29.5. The summed E-state index contributed by atoms with van der Waals surface area (Å²) in [4.78, 5) is 0.